The summed E-state index contributed by atoms with van der Waals surface area (Å²) in [6.07, 6.45) is 3.39. The van der Waals surface area contributed by atoms with Crippen LogP contribution in [0, 0.1) is 17.0 Å². The van der Waals surface area contributed by atoms with Gasteiger partial charge in [-0.05, 0) is 25.1 Å². The first-order valence-corrected chi connectivity index (χ1v) is 5.68. The molecular weight excluding hydrogens is 238 g/mol. The van der Waals surface area contributed by atoms with Gasteiger partial charge in [-0.15, -0.1) is 0 Å². The van der Waals surface area contributed by atoms with Crippen LogP contribution in [-0.2, 0) is 0 Å². The van der Waals surface area contributed by atoms with E-state index in [1.807, 2.05) is 12.1 Å². The lowest BCUT2D eigenvalue weighted by atomic mass is 10.3. The number of rotatable bonds is 3. The Kier molecular flexibility index (Phi) is 3.34. The van der Waals surface area contributed by atoms with Crippen molar-refractivity contribution >= 4 is 17.4 Å². The Hall–Kier alpha value is -1.95. The number of hydrogen-bond donors (Lipinski definition) is 0. The second-order valence-electron chi connectivity index (χ2n) is 3.30. The van der Waals surface area contributed by atoms with Crippen LogP contribution < -0.4 is 0 Å². The van der Waals surface area contributed by atoms with Gasteiger partial charge in [0.05, 0.1) is 4.92 Å². The normalized spacial score (nSPS) is 10.2. The molecule has 0 saturated carbocycles. The van der Waals surface area contributed by atoms with Crippen molar-refractivity contribution in [1.29, 1.82) is 0 Å². The summed E-state index contributed by atoms with van der Waals surface area (Å²) in [5.41, 5.74) is 0.470. The van der Waals surface area contributed by atoms with Crippen LogP contribution >= 0.6 is 11.8 Å². The van der Waals surface area contributed by atoms with Gasteiger partial charge in [-0.3, -0.25) is 15.1 Å². The maximum Gasteiger partial charge on any atom is 0.290 e. The van der Waals surface area contributed by atoms with Crippen LogP contribution in [0.1, 0.15) is 5.69 Å². The molecule has 0 aliphatic heterocycles. The van der Waals surface area contributed by atoms with Gasteiger partial charge in [0, 0.05) is 23.4 Å². The van der Waals surface area contributed by atoms with E-state index >= 15 is 0 Å². The molecule has 2 aromatic rings. The predicted molar refractivity (Wildman–Crippen MR) is 64.0 cm³/mol. The quantitative estimate of drug-likeness (QED) is 0.616. The van der Waals surface area contributed by atoms with E-state index in [1.165, 1.54) is 17.8 Å². The third-order valence-corrected chi connectivity index (χ3v) is 3.05. The van der Waals surface area contributed by atoms with Gasteiger partial charge in [-0.25, -0.2) is 4.98 Å². The summed E-state index contributed by atoms with van der Waals surface area (Å²) in [4.78, 5) is 19.3. The summed E-state index contributed by atoms with van der Waals surface area (Å²) in [7, 11) is 0. The molecule has 0 spiro atoms. The van der Waals surface area contributed by atoms with Gasteiger partial charge in [0.2, 0.25) is 0 Å². The highest BCUT2D eigenvalue weighted by Crippen LogP contribution is 2.27. The number of hydrogen-bond acceptors (Lipinski definition) is 5. The second kappa shape index (κ2) is 4.92. The molecule has 0 unspecified atom stereocenters. The van der Waals surface area contributed by atoms with E-state index in [0.29, 0.717) is 5.69 Å². The first kappa shape index (κ1) is 11.5. The molecule has 0 amide bonds. The molecule has 2 heterocycles. The van der Waals surface area contributed by atoms with Gasteiger partial charge < -0.3 is 0 Å². The average Bonchev–Trinajstić information content (AvgIpc) is 2.30. The molecular formula is C11H9N3O2S. The molecule has 2 rings (SSSR count). The Morgan fingerprint density at radius 3 is 2.53 bits per heavy atom. The minimum atomic E-state index is -0.427. The topological polar surface area (TPSA) is 68.9 Å². The molecule has 0 saturated heterocycles. The fourth-order valence-electron chi connectivity index (χ4n) is 1.31. The Bertz CT molecular complexity index is 546. The third-order valence-electron chi connectivity index (χ3n) is 2.10. The van der Waals surface area contributed by atoms with Crippen LogP contribution in [0.2, 0.25) is 0 Å². The predicted octanol–water partition coefficient (Wildman–Crippen LogP) is 2.84. The maximum atomic E-state index is 10.6. The van der Waals surface area contributed by atoms with E-state index in [1.54, 1.807) is 25.4 Å². The molecule has 17 heavy (non-hydrogen) atoms. The molecule has 0 fully saturated rings. The Labute approximate surface area is 102 Å². The highest BCUT2D eigenvalue weighted by atomic mass is 32.2. The van der Waals surface area contributed by atoms with Gasteiger partial charge in [0.15, 0.2) is 0 Å². The highest BCUT2D eigenvalue weighted by molar-refractivity contribution is 7.99. The Morgan fingerprint density at radius 1 is 1.24 bits per heavy atom. The SMILES string of the molecule is Cc1nc(Sc2ccncc2)ccc1[N+](=O)[O-]. The standard InChI is InChI=1S/C11H9N3O2S/c1-8-10(14(15)16)2-3-11(13-8)17-9-4-6-12-7-5-9/h2-7H,1H3. The fourth-order valence-corrected chi connectivity index (χ4v) is 2.13. The first-order valence-electron chi connectivity index (χ1n) is 4.87. The highest BCUT2D eigenvalue weighted by Gasteiger charge is 2.12. The van der Waals surface area contributed by atoms with Crippen LogP contribution in [0.25, 0.3) is 0 Å². The summed E-state index contributed by atoms with van der Waals surface area (Å²) >= 11 is 1.45. The molecule has 0 aliphatic carbocycles. The van der Waals surface area contributed by atoms with Crippen LogP contribution in [0.4, 0.5) is 5.69 Å². The van der Waals surface area contributed by atoms with Crippen LogP contribution in [-0.4, -0.2) is 14.9 Å². The molecule has 2 aromatic heterocycles. The molecule has 6 heteroatoms. The lowest BCUT2D eigenvalue weighted by molar-refractivity contribution is -0.385. The summed E-state index contributed by atoms with van der Waals surface area (Å²) in [5.74, 6) is 0. The van der Waals surface area contributed by atoms with E-state index in [4.69, 9.17) is 0 Å². The number of nitrogens with zero attached hydrogens (tertiary/aromatic N) is 3. The van der Waals surface area contributed by atoms with E-state index in [9.17, 15) is 10.1 Å². The zero-order valence-corrected chi connectivity index (χ0v) is 9.85. The molecule has 0 aliphatic rings. The monoisotopic (exact) mass is 247 g/mol. The van der Waals surface area contributed by atoms with Crippen molar-refractivity contribution in [2.24, 2.45) is 0 Å². The number of nitro groups is 1. The lowest BCUT2D eigenvalue weighted by Crippen LogP contribution is -1.94. The van der Waals surface area contributed by atoms with Crippen molar-refractivity contribution < 1.29 is 4.92 Å². The summed E-state index contributed by atoms with van der Waals surface area (Å²) < 4.78 is 0. The molecule has 0 aromatic carbocycles. The first-order chi connectivity index (χ1) is 8.16. The molecule has 0 N–H and O–H groups in total. The molecule has 0 atom stereocenters. The zero-order chi connectivity index (χ0) is 12.3. The molecule has 86 valence electrons. The minimum Gasteiger partial charge on any atom is -0.265 e. The van der Waals surface area contributed by atoms with Crippen molar-refractivity contribution in [3.05, 3.63) is 52.5 Å². The lowest BCUT2D eigenvalue weighted by Gasteiger charge is -2.02. The Morgan fingerprint density at radius 2 is 1.94 bits per heavy atom. The van der Waals surface area contributed by atoms with Crippen LogP contribution in [0.3, 0.4) is 0 Å². The molecule has 0 bridgehead atoms. The van der Waals surface area contributed by atoms with Gasteiger partial charge in [-0.1, -0.05) is 11.8 Å². The zero-order valence-electron chi connectivity index (χ0n) is 9.03. The minimum absolute atomic E-state index is 0.0454. The summed E-state index contributed by atoms with van der Waals surface area (Å²) in [6, 6.07) is 6.86. The van der Waals surface area contributed by atoms with Gasteiger partial charge >= 0.3 is 0 Å². The number of aromatic nitrogens is 2. The van der Waals surface area contributed by atoms with E-state index in [-0.39, 0.29) is 5.69 Å². The van der Waals surface area contributed by atoms with Crippen molar-refractivity contribution in [2.45, 2.75) is 16.8 Å². The van der Waals surface area contributed by atoms with E-state index < -0.39 is 4.92 Å². The van der Waals surface area contributed by atoms with E-state index in [2.05, 4.69) is 9.97 Å². The third kappa shape index (κ3) is 2.79. The van der Waals surface area contributed by atoms with Crippen molar-refractivity contribution in [3.63, 3.8) is 0 Å². The van der Waals surface area contributed by atoms with Gasteiger partial charge in [-0.2, -0.15) is 0 Å². The van der Waals surface area contributed by atoms with Crippen molar-refractivity contribution in [2.75, 3.05) is 0 Å². The maximum absolute atomic E-state index is 10.6. The largest absolute Gasteiger partial charge is 0.290 e. The molecule has 5 nitrogen and oxygen atoms in total. The van der Waals surface area contributed by atoms with Crippen LogP contribution in [0.15, 0.2) is 46.6 Å². The van der Waals surface area contributed by atoms with Gasteiger partial charge in [0.1, 0.15) is 10.7 Å². The summed E-state index contributed by atoms with van der Waals surface area (Å²) in [5, 5.41) is 11.4. The summed E-state index contributed by atoms with van der Waals surface area (Å²) in [6.45, 7) is 1.63. The van der Waals surface area contributed by atoms with Crippen molar-refractivity contribution in [3.8, 4) is 0 Å². The second-order valence-corrected chi connectivity index (χ2v) is 4.39. The number of aryl methyl sites for hydroxylation is 1. The Balaban J connectivity index is 2.24. The number of pyridine rings is 2. The van der Waals surface area contributed by atoms with Crippen LogP contribution in [0.5, 0.6) is 0 Å². The molecule has 0 radical (unpaired) electrons. The fraction of sp³-hybridized carbons (Fsp3) is 0.0909. The van der Waals surface area contributed by atoms with E-state index in [0.717, 1.165) is 9.92 Å². The average molecular weight is 247 g/mol. The van der Waals surface area contributed by atoms with Gasteiger partial charge in [0.25, 0.3) is 5.69 Å². The smallest absolute Gasteiger partial charge is 0.265 e. The van der Waals surface area contributed by atoms with Crippen molar-refractivity contribution in [1.82, 2.24) is 9.97 Å².